The number of H-pyrrole nitrogens is 2. The topological polar surface area (TPSA) is 125 Å². The molecule has 30 heavy (non-hydrogen) atoms. The second kappa shape index (κ2) is 7.86. The summed E-state index contributed by atoms with van der Waals surface area (Å²) in [6.45, 7) is 2.22. The molecular formula is C21H28N6O3. The lowest BCUT2D eigenvalue weighted by Crippen LogP contribution is -2.48. The smallest absolute Gasteiger partial charge is 0.272 e. The van der Waals surface area contributed by atoms with Gasteiger partial charge in [0.1, 0.15) is 0 Å². The van der Waals surface area contributed by atoms with E-state index in [4.69, 9.17) is 4.74 Å². The molecule has 1 saturated heterocycles. The van der Waals surface area contributed by atoms with Crippen LogP contribution < -0.4 is 10.6 Å². The summed E-state index contributed by atoms with van der Waals surface area (Å²) in [5.74, 6) is -0.284. The van der Waals surface area contributed by atoms with E-state index >= 15 is 0 Å². The van der Waals surface area contributed by atoms with Gasteiger partial charge in [0.25, 0.3) is 11.8 Å². The Hall–Kier alpha value is -2.68. The minimum Gasteiger partial charge on any atom is -0.381 e. The van der Waals surface area contributed by atoms with Gasteiger partial charge < -0.3 is 15.4 Å². The molecule has 0 bridgehead atoms. The molecule has 0 unspecified atom stereocenters. The van der Waals surface area contributed by atoms with Gasteiger partial charge in [-0.1, -0.05) is 0 Å². The maximum absolute atomic E-state index is 12.8. The summed E-state index contributed by atoms with van der Waals surface area (Å²) < 4.78 is 5.54. The molecule has 0 atom stereocenters. The average molecular weight is 412 g/mol. The fraction of sp³-hybridized carbons (Fsp3) is 0.619. The second-order valence-corrected chi connectivity index (χ2v) is 8.74. The highest BCUT2D eigenvalue weighted by atomic mass is 16.5. The number of aromatic nitrogens is 4. The summed E-state index contributed by atoms with van der Waals surface area (Å²) in [4.78, 5) is 25.6. The van der Waals surface area contributed by atoms with Gasteiger partial charge in [0.15, 0.2) is 11.4 Å². The molecule has 0 radical (unpaired) electrons. The van der Waals surface area contributed by atoms with Crippen LogP contribution in [0.2, 0.25) is 0 Å². The van der Waals surface area contributed by atoms with Crippen LogP contribution in [0.1, 0.15) is 69.2 Å². The Morgan fingerprint density at radius 2 is 1.33 bits per heavy atom. The molecule has 4 N–H and O–H groups in total. The van der Waals surface area contributed by atoms with Crippen LogP contribution in [0.25, 0.3) is 0 Å². The van der Waals surface area contributed by atoms with Gasteiger partial charge >= 0.3 is 0 Å². The van der Waals surface area contributed by atoms with Crippen molar-refractivity contribution in [3.05, 3.63) is 33.9 Å². The molecule has 2 amide bonds. The van der Waals surface area contributed by atoms with Gasteiger partial charge in [0.2, 0.25) is 0 Å². The maximum Gasteiger partial charge on any atom is 0.272 e. The fourth-order valence-corrected chi connectivity index (χ4v) is 4.94. The first-order valence-electron chi connectivity index (χ1n) is 10.9. The Morgan fingerprint density at radius 1 is 0.833 bits per heavy atom. The van der Waals surface area contributed by atoms with Gasteiger partial charge in [-0.05, 0) is 51.4 Å². The number of nitrogens with zero attached hydrogens (tertiary/aromatic N) is 2. The van der Waals surface area contributed by atoms with Crippen molar-refractivity contribution >= 4 is 11.8 Å². The number of carbonyl (C=O) groups is 2. The van der Waals surface area contributed by atoms with Crippen LogP contribution >= 0.6 is 0 Å². The van der Waals surface area contributed by atoms with Crippen LogP contribution in [0, 0.1) is 5.41 Å². The Labute approximate surface area is 174 Å². The number of ether oxygens (including phenoxy) is 1. The molecule has 0 aromatic carbocycles. The summed E-state index contributed by atoms with van der Waals surface area (Å²) in [6, 6.07) is 0. The normalized spacial score (nSPS) is 19.3. The van der Waals surface area contributed by atoms with Crippen molar-refractivity contribution in [1.82, 2.24) is 31.0 Å². The van der Waals surface area contributed by atoms with Crippen molar-refractivity contribution in [2.75, 3.05) is 26.3 Å². The molecule has 0 saturated carbocycles. The number of aryl methyl sites for hydroxylation is 2. The van der Waals surface area contributed by atoms with Gasteiger partial charge in [-0.2, -0.15) is 10.2 Å². The van der Waals surface area contributed by atoms with Crippen molar-refractivity contribution < 1.29 is 14.3 Å². The quantitative estimate of drug-likeness (QED) is 0.565. The van der Waals surface area contributed by atoms with Gasteiger partial charge in [0.05, 0.1) is 0 Å². The van der Waals surface area contributed by atoms with Crippen molar-refractivity contribution in [3.63, 3.8) is 0 Å². The molecule has 1 fully saturated rings. The Morgan fingerprint density at radius 3 is 1.83 bits per heavy atom. The second-order valence-electron chi connectivity index (χ2n) is 8.74. The lowest BCUT2D eigenvalue weighted by molar-refractivity contribution is 0.0150. The third kappa shape index (κ3) is 3.51. The summed E-state index contributed by atoms with van der Waals surface area (Å²) in [6.07, 6.45) is 7.41. The third-order valence-corrected chi connectivity index (χ3v) is 6.84. The standard InChI is InChI=1S/C21H28N6O3/c28-19(17-13-3-1-5-15(13)24-26-17)22-11-21(7-9-30-10-8-21)12-23-20(29)18-14-4-2-6-16(14)25-27-18/h1-12H2,(H,22,28)(H,23,29)(H,24,26)(H,25,27). The van der Waals surface area contributed by atoms with Crippen LogP contribution in [-0.4, -0.2) is 58.5 Å². The zero-order valence-electron chi connectivity index (χ0n) is 17.1. The molecule has 3 heterocycles. The Balaban J connectivity index is 1.24. The predicted molar refractivity (Wildman–Crippen MR) is 108 cm³/mol. The zero-order chi connectivity index (χ0) is 20.6. The lowest BCUT2D eigenvalue weighted by Gasteiger charge is -2.37. The SMILES string of the molecule is O=C(NCC1(CNC(=O)c2n[nH]c3c2CCC3)CCOCC1)c1n[nH]c2c1CCC2. The van der Waals surface area contributed by atoms with Crippen molar-refractivity contribution in [3.8, 4) is 0 Å². The van der Waals surface area contributed by atoms with E-state index in [1.807, 2.05) is 0 Å². The molecule has 0 spiro atoms. The molecule has 9 heteroatoms. The molecule has 3 aliphatic rings. The number of hydrogen-bond donors (Lipinski definition) is 4. The average Bonchev–Trinajstić information content (AvgIpc) is 3.52. The molecule has 1 aliphatic heterocycles. The number of aromatic amines is 2. The summed E-state index contributed by atoms with van der Waals surface area (Å²) in [5.41, 5.74) is 5.06. The van der Waals surface area contributed by atoms with Gasteiger partial charge in [0, 0.05) is 54.2 Å². The van der Waals surface area contributed by atoms with E-state index in [-0.39, 0.29) is 17.2 Å². The third-order valence-electron chi connectivity index (χ3n) is 6.84. The number of rotatable bonds is 6. The zero-order valence-corrected chi connectivity index (χ0v) is 17.1. The molecule has 9 nitrogen and oxygen atoms in total. The van der Waals surface area contributed by atoms with E-state index < -0.39 is 0 Å². The molecule has 5 rings (SSSR count). The number of nitrogens with one attached hydrogen (secondary N) is 4. The number of carbonyl (C=O) groups excluding carboxylic acids is 2. The lowest BCUT2D eigenvalue weighted by atomic mass is 9.80. The van der Waals surface area contributed by atoms with E-state index in [0.29, 0.717) is 37.7 Å². The van der Waals surface area contributed by atoms with Crippen molar-refractivity contribution in [2.24, 2.45) is 5.41 Å². The highest BCUT2D eigenvalue weighted by Gasteiger charge is 2.35. The van der Waals surface area contributed by atoms with Crippen molar-refractivity contribution in [1.29, 1.82) is 0 Å². The molecule has 160 valence electrons. The van der Waals surface area contributed by atoms with Gasteiger partial charge in [-0.15, -0.1) is 0 Å². The molecule has 2 aliphatic carbocycles. The minimum absolute atomic E-state index is 0.142. The van der Waals surface area contributed by atoms with E-state index in [1.165, 1.54) is 0 Å². The van der Waals surface area contributed by atoms with E-state index in [1.54, 1.807) is 0 Å². The number of hydrogen-bond acceptors (Lipinski definition) is 5. The first-order valence-corrected chi connectivity index (χ1v) is 10.9. The van der Waals surface area contributed by atoms with Gasteiger partial charge in [-0.3, -0.25) is 19.8 Å². The molecule has 2 aromatic rings. The van der Waals surface area contributed by atoms with Crippen LogP contribution in [0.5, 0.6) is 0 Å². The van der Waals surface area contributed by atoms with E-state index in [0.717, 1.165) is 73.9 Å². The number of amides is 2. The van der Waals surface area contributed by atoms with Crippen LogP contribution in [0.15, 0.2) is 0 Å². The highest BCUT2D eigenvalue weighted by molar-refractivity contribution is 5.94. The monoisotopic (exact) mass is 412 g/mol. The predicted octanol–water partition coefficient (Wildman–Crippen LogP) is 1.07. The largest absolute Gasteiger partial charge is 0.381 e. The summed E-state index contributed by atoms with van der Waals surface area (Å²) >= 11 is 0. The Kier molecular flexibility index (Phi) is 5.06. The fourth-order valence-electron chi connectivity index (χ4n) is 4.94. The van der Waals surface area contributed by atoms with E-state index in [2.05, 4.69) is 31.0 Å². The van der Waals surface area contributed by atoms with E-state index in [9.17, 15) is 9.59 Å². The van der Waals surface area contributed by atoms with Gasteiger partial charge in [-0.25, -0.2) is 0 Å². The minimum atomic E-state index is -0.234. The molecule has 2 aromatic heterocycles. The maximum atomic E-state index is 12.8. The van der Waals surface area contributed by atoms with Crippen LogP contribution in [0.3, 0.4) is 0 Å². The van der Waals surface area contributed by atoms with Crippen LogP contribution in [-0.2, 0) is 30.4 Å². The first-order chi connectivity index (χ1) is 14.7. The Bertz CT molecular complexity index is 886. The van der Waals surface area contributed by atoms with Crippen molar-refractivity contribution in [2.45, 2.75) is 51.4 Å². The first kappa shape index (κ1) is 19.3. The number of fused-ring (bicyclic) bond motifs is 2. The van der Waals surface area contributed by atoms with Crippen LogP contribution in [0.4, 0.5) is 0 Å². The summed E-state index contributed by atoms with van der Waals surface area (Å²) in [7, 11) is 0. The highest BCUT2D eigenvalue weighted by Crippen LogP contribution is 2.30. The summed E-state index contributed by atoms with van der Waals surface area (Å²) in [5, 5.41) is 20.6. The molecular weight excluding hydrogens is 384 g/mol.